The number of carbonyl (C=O) groups excluding carboxylic acids is 2. The van der Waals surface area contributed by atoms with Gasteiger partial charge in [-0.15, -0.1) is 0 Å². The molecule has 1 heterocycles. The molecule has 1 aliphatic carbocycles. The second-order valence-electron chi connectivity index (χ2n) is 8.56. The predicted molar refractivity (Wildman–Crippen MR) is 140 cm³/mol. The number of allylic oxidation sites excluding steroid dienone is 2. The van der Waals surface area contributed by atoms with Crippen molar-refractivity contribution in [2.45, 2.75) is 19.4 Å². The number of rotatable bonds is 6. The molecule has 1 atom stereocenters. The number of esters is 1. The molecule has 0 fully saturated rings. The first-order valence-corrected chi connectivity index (χ1v) is 12.2. The molecule has 0 saturated heterocycles. The highest BCUT2D eigenvalue weighted by atomic mass is 79.9. The molecule has 0 bridgehead atoms. The Morgan fingerprint density at radius 3 is 2.39 bits per heavy atom. The lowest BCUT2D eigenvalue weighted by Crippen LogP contribution is -2.29. The molecule has 1 aliphatic heterocycles. The minimum absolute atomic E-state index is 0.119. The number of benzene rings is 3. The lowest BCUT2D eigenvalue weighted by molar-refractivity contribution is -0.136. The monoisotopic (exact) mass is 545 g/mol. The topological polar surface area (TPSA) is 73.9 Å². The van der Waals surface area contributed by atoms with E-state index in [2.05, 4.69) is 21.2 Å². The van der Waals surface area contributed by atoms with Gasteiger partial charge in [-0.05, 0) is 46.1 Å². The zero-order chi connectivity index (χ0) is 25.4. The van der Waals surface area contributed by atoms with Crippen LogP contribution in [-0.2, 0) is 16.1 Å². The van der Waals surface area contributed by atoms with Gasteiger partial charge in [-0.25, -0.2) is 4.79 Å². The number of Topliss-reactive ketones (excluding diaryl/α,β-unsaturated/α-hetero) is 1. The van der Waals surface area contributed by atoms with Gasteiger partial charge in [-0.3, -0.25) is 4.79 Å². The fraction of sp³-hybridized carbons (Fsp3) is 0.172. The maximum atomic E-state index is 13.6. The fourth-order valence-electron chi connectivity index (χ4n) is 4.82. The zero-order valence-electron chi connectivity index (χ0n) is 20.1. The van der Waals surface area contributed by atoms with Crippen molar-refractivity contribution in [3.05, 3.63) is 110 Å². The van der Waals surface area contributed by atoms with Gasteiger partial charge in [0.2, 0.25) is 0 Å². The second-order valence-corrected chi connectivity index (χ2v) is 9.41. The van der Waals surface area contributed by atoms with Crippen molar-refractivity contribution < 1.29 is 23.8 Å². The number of hydrogen-bond donors (Lipinski definition) is 1. The predicted octanol–water partition coefficient (Wildman–Crippen LogP) is 5.78. The summed E-state index contributed by atoms with van der Waals surface area (Å²) >= 11 is 3.63. The molecular weight excluding hydrogens is 522 g/mol. The average molecular weight is 546 g/mol. The Morgan fingerprint density at radius 1 is 1.00 bits per heavy atom. The van der Waals surface area contributed by atoms with Crippen LogP contribution in [0.15, 0.2) is 88.0 Å². The van der Waals surface area contributed by atoms with Crippen molar-refractivity contribution in [3.8, 4) is 11.5 Å². The van der Waals surface area contributed by atoms with Gasteiger partial charge in [0.05, 0.1) is 30.0 Å². The lowest BCUT2D eigenvalue weighted by Gasteiger charge is -2.29. The van der Waals surface area contributed by atoms with E-state index < -0.39 is 11.9 Å². The average Bonchev–Trinajstić information content (AvgIpc) is 3.18. The van der Waals surface area contributed by atoms with E-state index in [-0.39, 0.29) is 5.78 Å². The number of dihydropyridines is 1. The largest absolute Gasteiger partial charge is 0.493 e. The quantitative estimate of drug-likeness (QED) is 0.396. The van der Waals surface area contributed by atoms with Crippen LogP contribution in [0.4, 0.5) is 0 Å². The van der Waals surface area contributed by atoms with Crippen LogP contribution >= 0.6 is 15.9 Å². The van der Waals surface area contributed by atoms with Crippen molar-refractivity contribution in [1.29, 1.82) is 0 Å². The Morgan fingerprint density at radius 2 is 1.69 bits per heavy atom. The second kappa shape index (κ2) is 9.66. The lowest BCUT2D eigenvalue weighted by atomic mass is 9.79. The zero-order valence-corrected chi connectivity index (χ0v) is 21.6. The van der Waals surface area contributed by atoms with Gasteiger partial charge in [0.1, 0.15) is 6.61 Å². The minimum atomic E-state index is -0.651. The van der Waals surface area contributed by atoms with Crippen LogP contribution < -0.4 is 14.8 Å². The van der Waals surface area contributed by atoms with Gasteiger partial charge >= 0.3 is 5.97 Å². The van der Waals surface area contributed by atoms with Crippen LogP contribution in [0.1, 0.15) is 39.9 Å². The number of nitrogens with one attached hydrogen (secondary N) is 1. The molecule has 36 heavy (non-hydrogen) atoms. The first-order valence-electron chi connectivity index (χ1n) is 11.4. The molecule has 7 heteroatoms. The van der Waals surface area contributed by atoms with E-state index in [0.29, 0.717) is 56.2 Å². The molecule has 0 radical (unpaired) electrons. The van der Waals surface area contributed by atoms with Gasteiger partial charge in [-0.1, -0.05) is 54.6 Å². The molecule has 0 spiro atoms. The minimum Gasteiger partial charge on any atom is -0.493 e. The third kappa shape index (κ3) is 3.99. The normalized spacial score (nSPS) is 16.3. The van der Waals surface area contributed by atoms with Crippen LogP contribution in [-0.4, -0.2) is 26.0 Å². The summed E-state index contributed by atoms with van der Waals surface area (Å²) in [4.78, 5) is 26.6. The molecule has 5 rings (SSSR count). The number of carbonyl (C=O) groups is 2. The molecule has 2 aliphatic rings. The Kier molecular flexibility index (Phi) is 6.41. The summed E-state index contributed by atoms with van der Waals surface area (Å²) in [6.07, 6.45) is 0. The molecule has 0 amide bonds. The van der Waals surface area contributed by atoms with Gasteiger partial charge in [0, 0.05) is 28.3 Å². The summed E-state index contributed by atoms with van der Waals surface area (Å²) in [6.45, 7) is 2.18. The molecule has 1 N–H and O–H groups in total. The fourth-order valence-corrected chi connectivity index (χ4v) is 5.39. The van der Waals surface area contributed by atoms with Gasteiger partial charge < -0.3 is 19.5 Å². The number of ether oxygens (including phenoxy) is 3. The summed E-state index contributed by atoms with van der Waals surface area (Å²) in [7, 11) is 2.90. The Labute approximate surface area is 217 Å². The van der Waals surface area contributed by atoms with Crippen molar-refractivity contribution >= 4 is 33.4 Å². The summed E-state index contributed by atoms with van der Waals surface area (Å²) in [6, 6.07) is 21.0. The third-order valence-corrected chi connectivity index (χ3v) is 7.05. The maximum Gasteiger partial charge on any atom is 0.336 e. The third-order valence-electron chi connectivity index (χ3n) is 6.47. The molecule has 3 aromatic carbocycles. The molecule has 3 aromatic rings. The SMILES string of the molecule is COC(=O)C1=C(C)NC2=C(C(=O)c3ccccc32)[C@@H]1c1cc(Br)c(OCc2ccccc2)c(OC)c1. The van der Waals surface area contributed by atoms with Crippen LogP contribution in [0.2, 0.25) is 0 Å². The summed E-state index contributed by atoms with van der Waals surface area (Å²) in [5.74, 6) is -0.247. The molecular formula is C29H24BrNO5. The van der Waals surface area contributed by atoms with E-state index in [1.54, 1.807) is 13.2 Å². The number of fused-ring (bicyclic) bond motifs is 2. The highest BCUT2D eigenvalue weighted by Crippen LogP contribution is 2.49. The van der Waals surface area contributed by atoms with Gasteiger partial charge in [0.25, 0.3) is 0 Å². The van der Waals surface area contributed by atoms with Crippen molar-refractivity contribution in [2.75, 3.05) is 14.2 Å². The van der Waals surface area contributed by atoms with Crippen LogP contribution in [0.5, 0.6) is 11.5 Å². The Balaban J connectivity index is 1.62. The van der Waals surface area contributed by atoms with Gasteiger partial charge in [0.15, 0.2) is 17.3 Å². The molecule has 182 valence electrons. The van der Waals surface area contributed by atoms with Crippen LogP contribution in [0.3, 0.4) is 0 Å². The van der Waals surface area contributed by atoms with E-state index in [0.717, 1.165) is 11.1 Å². The van der Waals surface area contributed by atoms with Crippen LogP contribution in [0, 0.1) is 0 Å². The maximum absolute atomic E-state index is 13.6. The summed E-state index contributed by atoms with van der Waals surface area (Å²) in [5.41, 5.74) is 5.39. The number of ketones is 1. The van der Waals surface area contributed by atoms with E-state index in [4.69, 9.17) is 14.2 Å². The molecule has 0 saturated carbocycles. The first kappa shape index (κ1) is 23.9. The smallest absolute Gasteiger partial charge is 0.336 e. The standard InChI is InChI=1S/C29H24BrNO5/c1-16-23(29(33)35-3)24(25-26(31-16)19-11-7-8-12-20(19)27(25)32)18-13-21(30)28(22(14-18)34-2)36-15-17-9-5-4-6-10-17/h4-14,24,31H,15H2,1-3H3/t24-/m1/s1. The van der Waals surface area contributed by atoms with Crippen LogP contribution in [0.25, 0.3) is 5.70 Å². The highest BCUT2D eigenvalue weighted by molar-refractivity contribution is 9.10. The van der Waals surface area contributed by atoms with Crippen molar-refractivity contribution in [2.24, 2.45) is 0 Å². The van der Waals surface area contributed by atoms with Crippen molar-refractivity contribution in [3.63, 3.8) is 0 Å². The first-order chi connectivity index (χ1) is 17.4. The van der Waals surface area contributed by atoms with E-state index in [1.807, 2.05) is 67.6 Å². The van der Waals surface area contributed by atoms with E-state index in [1.165, 1.54) is 7.11 Å². The Bertz CT molecular complexity index is 1440. The van der Waals surface area contributed by atoms with Gasteiger partial charge in [-0.2, -0.15) is 0 Å². The number of methoxy groups -OCH3 is 2. The number of hydrogen-bond acceptors (Lipinski definition) is 6. The molecule has 6 nitrogen and oxygen atoms in total. The van der Waals surface area contributed by atoms with E-state index in [9.17, 15) is 9.59 Å². The summed E-state index contributed by atoms with van der Waals surface area (Å²) < 4.78 is 17.6. The Hall–Kier alpha value is -3.84. The van der Waals surface area contributed by atoms with E-state index >= 15 is 0 Å². The molecule has 0 unspecified atom stereocenters. The number of halogens is 1. The molecule has 0 aromatic heterocycles. The summed E-state index contributed by atoms with van der Waals surface area (Å²) in [5, 5.41) is 3.29. The highest BCUT2D eigenvalue weighted by Gasteiger charge is 2.43. The van der Waals surface area contributed by atoms with Crippen molar-refractivity contribution in [1.82, 2.24) is 5.32 Å².